The molecule has 30 heavy (non-hydrogen) atoms. The Bertz CT molecular complexity index is 861. The highest BCUT2D eigenvalue weighted by molar-refractivity contribution is 6.07. The third-order valence-corrected chi connectivity index (χ3v) is 7.06. The first kappa shape index (κ1) is 20.6. The molecule has 1 saturated carbocycles. The summed E-state index contributed by atoms with van der Waals surface area (Å²) in [6.45, 7) is 1.51. The van der Waals surface area contributed by atoms with Crippen molar-refractivity contribution in [3.8, 4) is 5.75 Å². The molecular formula is C23H29N3O4. The SMILES string of the molecule is COc1ccc(C(=O)N2CCC3(CCC(C=O)CC3)CC2)cc1C1=NNC(=O)CC1. The Morgan fingerprint density at radius 1 is 1.20 bits per heavy atom. The van der Waals surface area contributed by atoms with Gasteiger partial charge in [-0.15, -0.1) is 0 Å². The number of methoxy groups -OCH3 is 1. The van der Waals surface area contributed by atoms with Crippen LogP contribution < -0.4 is 10.2 Å². The van der Waals surface area contributed by atoms with Gasteiger partial charge in [0, 0.05) is 43.0 Å². The fraction of sp³-hybridized carbons (Fsp3) is 0.565. The van der Waals surface area contributed by atoms with Crippen LogP contribution in [0.3, 0.4) is 0 Å². The molecule has 7 heteroatoms. The number of ether oxygens (including phenoxy) is 1. The Balaban J connectivity index is 1.46. The van der Waals surface area contributed by atoms with Crippen LogP contribution in [0.2, 0.25) is 0 Å². The van der Waals surface area contributed by atoms with Gasteiger partial charge in [0.25, 0.3) is 5.91 Å². The number of hydrazone groups is 1. The number of aldehydes is 1. The van der Waals surface area contributed by atoms with Gasteiger partial charge in [-0.3, -0.25) is 9.59 Å². The van der Waals surface area contributed by atoms with Crippen LogP contribution in [-0.2, 0) is 9.59 Å². The Kier molecular flexibility index (Phi) is 5.88. The van der Waals surface area contributed by atoms with E-state index < -0.39 is 0 Å². The quantitative estimate of drug-likeness (QED) is 0.772. The highest BCUT2D eigenvalue weighted by atomic mass is 16.5. The molecule has 0 unspecified atom stereocenters. The number of amides is 2. The molecule has 0 atom stereocenters. The first-order valence-corrected chi connectivity index (χ1v) is 10.8. The second kappa shape index (κ2) is 8.58. The molecular weight excluding hydrogens is 382 g/mol. The molecule has 0 bridgehead atoms. The van der Waals surface area contributed by atoms with Crippen LogP contribution in [0.4, 0.5) is 0 Å². The van der Waals surface area contributed by atoms with E-state index in [1.807, 2.05) is 11.0 Å². The summed E-state index contributed by atoms with van der Waals surface area (Å²) in [6, 6.07) is 5.43. The molecule has 1 spiro atoms. The third kappa shape index (κ3) is 4.11. The summed E-state index contributed by atoms with van der Waals surface area (Å²) in [5.41, 5.74) is 4.91. The monoisotopic (exact) mass is 411 g/mol. The van der Waals surface area contributed by atoms with Crippen molar-refractivity contribution >= 4 is 23.8 Å². The number of nitrogens with zero attached hydrogens (tertiary/aromatic N) is 2. The van der Waals surface area contributed by atoms with Crippen molar-refractivity contribution in [3.63, 3.8) is 0 Å². The van der Waals surface area contributed by atoms with Crippen molar-refractivity contribution < 1.29 is 19.1 Å². The number of rotatable bonds is 4. The van der Waals surface area contributed by atoms with Gasteiger partial charge in [-0.1, -0.05) is 0 Å². The topological polar surface area (TPSA) is 88.1 Å². The van der Waals surface area contributed by atoms with E-state index in [0.29, 0.717) is 29.6 Å². The highest BCUT2D eigenvalue weighted by Gasteiger charge is 2.39. The molecule has 160 valence electrons. The van der Waals surface area contributed by atoms with Crippen molar-refractivity contribution in [2.45, 2.75) is 51.4 Å². The summed E-state index contributed by atoms with van der Waals surface area (Å²) >= 11 is 0. The Morgan fingerprint density at radius 3 is 2.53 bits per heavy atom. The Hall–Kier alpha value is -2.70. The maximum Gasteiger partial charge on any atom is 0.253 e. The number of piperidine rings is 1. The maximum absolute atomic E-state index is 13.2. The minimum absolute atomic E-state index is 0.0239. The van der Waals surface area contributed by atoms with Crippen molar-refractivity contribution in [1.29, 1.82) is 0 Å². The van der Waals surface area contributed by atoms with E-state index in [1.165, 1.54) is 0 Å². The predicted octanol–water partition coefficient (Wildman–Crippen LogP) is 2.92. The second-order valence-corrected chi connectivity index (χ2v) is 8.77. The van der Waals surface area contributed by atoms with Crippen LogP contribution in [0.5, 0.6) is 5.75 Å². The summed E-state index contributed by atoms with van der Waals surface area (Å²) in [5, 5.41) is 4.16. The van der Waals surface area contributed by atoms with Gasteiger partial charge in [-0.25, -0.2) is 5.43 Å². The lowest BCUT2D eigenvalue weighted by atomic mass is 9.65. The van der Waals surface area contributed by atoms with E-state index in [0.717, 1.165) is 69.2 Å². The van der Waals surface area contributed by atoms with E-state index in [2.05, 4.69) is 10.5 Å². The van der Waals surface area contributed by atoms with Crippen molar-refractivity contribution in [2.75, 3.05) is 20.2 Å². The minimum Gasteiger partial charge on any atom is -0.496 e. The van der Waals surface area contributed by atoms with Gasteiger partial charge >= 0.3 is 0 Å². The van der Waals surface area contributed by atoms with Crippen LogP contribution in [-0.4, -0.2) is 48.9 Å². The van der Waals surface area contributed by atoms with Crippen LogP contribution in [0.15, 0.2) is 23.3 Å². The van der Waals surface area contributed by atoms with Gasteiger partial charge in [0.1, 0.15) is 12.0 Å². The zero-order valence-electron chi connectivity index (χ0n) is 17.5. The summed E-state index contributed by atoms with van der Waals surface area (Å²) < 4.78 is 5.46. The predicted molar refractivity (Wildman–Crippen MR) is 113 cm³/mol. The number of carbonyl (C=O) groups is 3. The van der Waals surface area contributed by atoms with E-state index >= 15 is 0 Å². The number of nitrogens with one attached hydrogen (secondary N) is 1. The second-order valence-electron chi connectivity index (χ2n) is 8.77. The molecule has 2 heterocycles. The van der Waals surface area contributed by atoms with Crippen LogP contribution in [0.25, 0.3) is 0 Å². The van der Waals surface area contributed by atoms with E-state index in [9.17, 15) is 14.4 Å². The molecule has 1 N–H and O–H groups in total. The standard InChI is InChI=1S/C23H29N3O4/c1-30-20-4-2-17(14-18(20)19-3-5-21(28)25-24-19)22(29)26-12-10-23(11-13-26)8-6-16(15-27)7-9-23/h2,4,14-16H,3,5-13H2,1H3,(H,25,28). The van der Waals surface area contributed by atoms with E-state index in [4.69, 9.17) is 4.74 Å². The fourth-order valence-corrected chi connectivity index (χ4v) is 4.99. The summed E-state index contributed by atoms with van der Waals surface area (Å²) in [4.78, 5) is 37.6. The van der Waals surface area contributed by atoms with Gasteiger partial charge in [-0.2, -0.15) is 5.10 Å². The van der Waals surface area contributed by atoms with E-state index in [1.54, 1.807) is 19.2 Å². The largest absolute Gasteiger partial charge is 0.496 e. The number of likely N-dealkylation sites (tertiary alicyclic amines) is 1. The van der Waals surface area contributed by atoms with Gasteiger partial charge in [0.05, 0.1) is 12.8 Å². The molecule has 2 amide bonds. The molecule has 3 aliphatic rings. The maximum atomic E-state index is 13.2. The van der Waals surface area contributed by atoms with E-state index in [-0.39, 0.29) is 17.7 Å². The molecule has 7 nitrogen and oxygen atoms in total. The highest BCUT2D eigenvalue weighted by Crippen LogP contribution is 2.46. The minimum atomic E-state index is -0.102. The van der Waals surface area contributed by atoms with Gasteiger partial charge in [0.15, 0.2) is 0 Å². The number of hydrogen-bond acceptors (Lipinski definition) is 5. The van der Waals surface area contributed by atoms with Crippen LogP contribution in [0.1, 0.15) is 67.3 Å². The number of carbonyl (C=O) groups excluding carboxylic acids is 3. The lowest BCUT2D eigenvalue weighted by Gasteiger charge is -2.45. The van der Waals surface area contributed by atoms with Crippen LogP contribution >= 0.6 is 0 Å². The lowest BCUT2D eigenvalue weighted by Crippen LogP contribution is -2.44. The third-order valence-electron chi connectivity index (χ3n) is 7.06. The molecule has 0 aromatic heterocycles. The van der Waals surface area contributed by atoms with Crippen molar-refractivity contribution in [1.82, 2.24) is 10.3 Å². The smallest absolute Gasteiger partial charge is 0.253 e. The molecule has 2 fully saturated rings. The first-order valence-electron chi connectivity index (χ1n) is 10.8. The molecule has 0 radical (unpaired) electrons. The molecule has 4 rings (SSSR count). The molecule has 1 saturated heterocycles. The molecule has 1 aromatic rings. The first-order chi connectivity index (χ1) is 14.5. The average molecular weight is 412 g/mol. The van der Waals surface area contributed by atoms with Gasteiger partial charge in [-0.05, 0) is 62.1 Å². The van der Waals surface area contributed by atoms with Crippen LogP contribution in [0, 0.1) is 11.3 Å². The summed E-state index contributed by atoms with van der Waals surface area (Å²) in [7, 11) is 1.59. The van der Waals surface area contributed by atoms with Crippen molar-refractivity contribution in [3.05, 3.63) is 29.3 Å². The normalized spacial score (nSPS) is 21.7. The Morgan fingerprint density at radius 2 is 1.93 bits per heavy atom. The summed E-state index contributed by atoms with van der Waals surface area (Å²) in [6.07, 6.45) is 8.17. The Labute approximate surface area is 176 Å². The lowest BCUT2D eigenvalue weighted by molar-refractivity contribution is -0.121. The van der Waals surface area contributed by atoms with Gasteiger partial charge < -0.3 is 14.4 Å². The molecule has 1 aromatic carbocycles. The number of benzene rings is 1. The summed E-state index contributed by atoms with van der Waals surface area (Å²) in [5.74, 6) is 0.789. The van der Waals surface area contributed by atoms with Gasteiger partial charge in [0.2, 0.25) is 5.91 Å². The zero-order valence-corrected chi connectivity index (χ0v) is 17.5. The fourth-order valence-electron chi connectivity index (χ4n) is 4.99. The zero-order chi connectivity index (χ0) is 21.1. The average Bonchev–Trinajstić information content (AvgIpc) is 2.80. The number of hydrogen-bond donors (Lipinski definition) is 1. The van der Waals surface area contributed by atoms with Crippen molar-refractivity contribution in [2.24, 2.45) is 16.4 Å². The molecule has 1 aliphatic carbocycles. The molecule has 2 aliphatic heterocycles.